The van der Waals surface area contributed by atoms with Gasteiger partial charge in [-0.05, 0) is 98.1 Å². The lowest BCUT2D eigenvalue weighted by atomic mass is 9.83. The molecule has 0 aliphatic carbocycles. The van der Waals surface area contributed by atoms with Crippen molar-refractivity contribution < 1.29 is 0 Å². The first-order valence-electron chi connectivity index (χ1n) is 19.0. The second kappa shape index (κ2) is 16.1. The predicted molar refractivity (Wildman–Crippen MR) is 239 cm³/mol. The van der Waals surface area contributed by atoms with E-state index in [0.717, 1.165) is 49.7 Å². The van der Waals surface area contributed by atoms with Crippen molar-refractivity contribution in [2.24, 2.45) is 15.7 Å². The van der Waals surface area contributed by atoms with Gasteiger partial charge in [-0.15, -0.1) is 0 Å². The minimum absolute atomic E-state index is 0.564. The van der Waals surface area contributed by atoms with Gasteiger partial charge in [0.05, 0.1) is 6.34 Å². The molecule has 0 amide bonds. The lowest BCUT2D eigenvalue weighted by Gasteiger charge is -2.28. The van der Waals surface area contributed by atoms with Crippen LogP contribution in [0, 0.1) is 6.92 Å². The molecule has 0 aromatic heterocycles. The highest BCUT2D eigenvalue weighted by atomic mass is 15.0. The molecule has 1 unspecified atom stereocenters. The molecular formula is C53H43N3. The van der Waals surface area contributed by atoms with Crippen LogP contribution in [0.4, 0.5) is 0 Å². The molecule has 270 valence electrons. The third kappa shape index (κ3) is 7.62. The molecule has 0 saturated carbocycles. The van der Waals surface area contributed by atoms with Gasteiger partial charge in [-0.2, -0.15) is 0 Å². The van der Waals surface area contributed by atoms with E-state index in [2.05, 4.69) is 219 Å². The van der Waals surface area contributed by atoms with Crippen molar-refractivity contribution in [1.82, 2.24) is 0 Å². The lowest BCUT2D eigenvalue weighted by Crippen LogP contribution is -2.23. The molecule has 0 spiro atoms. The van der Waals surface area contributed by atoms with E-state index in [1.807, 2.05) is 6.07 Å². The van der Waals surface area contributed by atoms with Crippen LogP contribution in [-0.2, 0) is 5.54 Å². The summed E-state index contributed by atoms with van der Waals surface area (Å²) >= 11 is 0. The number of amidine groups is 1. The molecule has 1 atom stereocenters. The Balaban J connectivity index is 1.26. The fourth-order valence-corrected chi connectivity index (χ4v) is 7.40. The van der Waals surface area contributed by atoms with Crippen LogP contribution < -0.4 is 5.73 Å². The van der Waals surface area contributed by atoms with Gasteiger partial charge >= 0.3 is 0 Å². The van der Waals surface area contributed by atoms with Gasteiger partial charge in [-0.1, -0.05) is 194 Å². The van der Waals surface area contributed by atoms with Crippen molar-refractivity contribution in [3.05, 3.63) is 229 Å². The number of hydrogen-bond donors (Lipinski definition) is 1. The van der Waals surface area contributed by atoms with E-state index in [9.17, 15) is 0 Å². The van der Waals surface area contributed by atoms with E-state index >= 15 is 0 Å². The van der Waals surface area contributed by atoms with Gasteiger partial charge in [0.2, 0.25) is 0 Å². The van der Waals surface area contributed by atoms with Crippen LogP contribution in [0.3, 0.4) is 0 Å². The van der Waals surface area contributed by atoms with E-state index in [4.69, 9.17) is 10.7 Å². The second-order valence-corrected chi connectivity index (χ2v) is 14.2. The molecule has 2 N–H and O–H groups in total. The van der Waals surface area contributed by atoms with E-state index in [1.165, 1.54) is 33.8 Å². The van der Waals surface area contributed by atoms with Crippen LogP contribution in [0.25, 0.3) is 54.9 Å². The Morgan fingerprint density at radius 3 is 1.70 bits per heavy atom. The molecule has 3 nitrogen and oxygen atoms in total. The van der Waals surface area contributed by atoms with Crippen molar-refractivity contribution in [3.63, 3.8) is 0 Å². The molecule has 0 heterocycles. The Labute approximate surface area is 329 Å². The average Bonchev–Trinajstić information content (AvgIpc) is 3.25. The zero-order valence-corrected chi connectivity index (χ0v) is 31.7. The summed E-state index contributed by atoms with van der Waals surface area (Å²) in [5, 5.41) is 4.72. The number of nitrogens with two attached hydrogens (primary N) is 1. The number of rotatable bonds is 7. The highest BCUT2D eigenvalue weighted by Gasteiger charge is 2.30. The SMILES string of the molecule is Cc1ccccccc(-c2ccc(C(C)(N=C(N=CN)c3ccc4ccccc4c3)c3ccc(-c4cc(-c5ccccc5)c5ccccc5c4)cc3)cc2)cc1. The van der Waals surface area contributed by atoms with Gasteiger partial charge in [0, 0.05) is 5.56 Å². The minimum atomic E-state index is -0.812. The van der Waals surface area contributed by atoms with E-state index in [1.54, 1.807) is 0 Å². The largest absolute Gasteiger partial charge is 0.390 e. The molecule has 0 fully saturated rings. The van der Waals surface area contributed by atoms with Crippen molar-refractivity contribution in [3.8, 4) is 33.4 Å². The van der Waals surface area contributed by atoms with Gasteiger partial charge in [0.1, 0.15) is 5.54 Å². The molecule has 0 bridgehead atoms. The fraction of sp³-hybridized carbons (Fsp3) is 0.0566. The lowest BCUT2D eigenvalue weighted by molar-refractivity contribution is 0.606. The predicted octanol–water partition coefficient (Wildman–Crippen LogP) is 13.1. The van der Waals surface area contributed by atoms with E-state index in [-0.39, 0.29) is 0 Å². The average molecular weight is 722 g/mol. The number of aryl methyl sites for hydroxylation is 1. The second-order valence-electron chi connectivity index (χ2n) is 14.2. The Morgan fingerprint density at radius 1 is 0.464 bits per heavy atom. The summed E-state index contributed by atoms with van der Waals surface area (Å²) in [6.45, 7) is 4.28. The van der Waals surface area contributed by atoms with Gasteiger partial charge in [-0.25, -0.2) is 9.98 Å². The molecule has 8 rings (SSSR count). The van der Waals surface area contributed by atoms with Crippen molar-refractivity contribution in [1.29, 1.82) is 0 Å². The molecule has 8 aromatic rings. The summed E-state index contributed by atoms with van der Waals surface area (Å²) in [5.74, 6) is 0.564. The first-order chi connectivity index (χ1) is 27.5. The molecule has 0 aliphatic heterocycles. The smallest absolute Gasteiger partial charge is 0.157 e. The standard InChI is InChI=1S/C53H43N3/c1-38-14-6-3-4-7-15-39(23-22-38)41-26-30-48(31-27-41)53(2,56-52(55-37-54)46-25-24-40-16-10-11-19-44(40)34-46)49-32-28-42(29-33-49)47-35-45-20-12-13-21-50(45)51(36-47)43-17-8-5-9-18-43/h3-37H,1-2H3,(H2,54,55,56). The first kappa shape index (κ1) is 35.9. The summed E-state index contributed by atoms with van der Waals surface area (Å²) in [4.78, 5) is 10.2. The van der Waals surface area contributed by atoms with Gasteiger partial charge < -0.3 is 5.73 Å². The summed E-state index contributed by atoms with van der Waals surface area (Å²) in [5.41, 5.74) is 16.3. The summed E-state index contributed by atoms with van der Waals surface area (Å²) in [6, 6.07) is 72.9. The number of aliphatic imine (C=N–C) groups is 2. The molecule has 3 heteroatoms. The molecule has 8 aromatic carbocycles. The van der Waals surface area contributed by atoms with Crippen molar-refractivity contribution >= 4 is 33.7 Å². The Morgan fingerprint density at radius 2 is 1.00 bits per heavy atom. The molecule has 0 radical (unpaired) electrons. The Hall–Kier alpha value is -7.10. The van der Waals surface area contributed by atoms with Crippen LogP contribution in [0.5, 0.6) is 0 Å². The number of fused-ring (bicyclic) bond motifs is 2. The van der Waals surface area contributed by atoms with Crippen LogP contribution in [-0.4, -0.2) is 12.2 Å². The van der Waals surface area contributed by atoms with E-state index < -0.39 is 5.54 Å². The zero-order chi connectivity index (χ0) is 38.3. The highest BCUT2D eigenvalue weighted by Crippen LogP contribution is 2.39. The number of hydrogen-bond acceptors (Lipinski definition) is 1. The maximum absolute atomic E-state index is 6.01. The zero-order valence-electron chi connectivity index (χ0n) is 31.7. The number of nitrogens with zero attached hydrogens (tertiary/aromatic N) is 2. The molecule has 0 aliphatic rings. The fourth-order valence-electron chi connectivity index (χ4n) is 7.40. The molecular weight excluding hydrogens is 679 g/mol. The van der Waals surface area contributed by atoms with Gasteiger partial charge in [-0.3, -0.25) is 0 Å². The van der Waals surface area contributed by atoms with Gasteiger partial charge in [0.15, 0.2) is 5.84 Å². The minimum Gasteiger partial charge on any atom is -0.390 e. The monoisotopic (exact) mass is 721 g/mol. The summed E-state index contributed by atoms with van der Waals surface area (Å²) in [6.07, 6.45) is 1.34. The Kier molecular flexibility index (Phi) is 10.3. The van der Waals surface area contributed by atoms with Crippen LogP contribution in [0.1, 0.15) is 29.2 Å². The molecule has 56 heavy (non-hydrogen) atoms. The Bertz CT molecular complexity index is 2760. The topological polar surface area (TPSA) is 50.7 Å². The third-order valence-corrected chi connectivity index (χ3v) is 10.5. The van der Waals surface area contributed by atoms with E-state index in [0.29, 0.717) is 5.84 Å². The van der Waals surface area contributed by atoms with Crippen LogP contribution in [0.15, 0.2) is 216 Å². The third-order valence-electron chi connectivity index (χ3n) is 10.5. The first-order valence-corrected chi connectivity index (χ1v) is 19.0. The highest BCUT2D eigenvalue weighted by molar-refractivity contribution is 6.05. The quantitative estimate of drug-likeness (QED) is 0.129. The summed E-state index contributed by atoms with van der Waals surface area (Å²) in [7, 11) is 0. The summed E-state index contributed by atoms with van der Waals surface area (Å²) < 4.78 is 0. The maximum atomic E-state index is 6.01. The maximum Gasteiger partial charge on any atom is 0.157 e. The number of benzene rings is 7. The normalized spacial score (nSPS) is 12.7. The molecule has 0 saturated heterocycles. The van der Waals surface area contributed by atoms with Gasteiger partial charge in [0.25, 0.3) is 0 Å². The van der Waals surface area contributed by atoms with Crippen LogP contribution in [0.2, 0.25) is 0 Å². The van der Waals surface area contributed by atoms with Crippen molar-refractivity contribution in [2.45, 2.75) is 19.4 Å². The van der Waals surface area contributed by atoms with Crippen LogP contribution >= 0.6 is 0 Å². The van der Waals surface area contributed by atoms with Crippen molar-refractivity contribution in [2.75, 3.05) is 0 Å².